The smallest absolute Gasteiger partial charge is 0.271 e. The molecule has 3 N–H and O–H groups in total. The van der Waals surface area contributed by atoms with Gasteiger partial charge in [0.1, 0.15) is 17.5 Å². The van der Waals surface area contributed by atoms with Crippen molar-refractivity contribution in [3.05, 3.63) is 35.2 Å². The monoisotopic (exact) mass is 267 g/mol. The normalized spacial score (nSPS) is 12.1. The molecule has 1 atom stereocenters. The standard InChI is InChI=1S/C11H13N3O3S/c1-12-11-14-8(6-18-11)10(16)13-7(5-15)9-3-2-4-17-9/h2-4,6-7,15H,5H2,1H3,(H,12,14)(H,13,16). The number of amides is 1. The highest BCUT2D eigenvalue weighted by Crippen LogP contribution is 2.17. The highest BCUT2D eigenvalue weighted by Gasteiger charge is 2.18. The Labute approximate surface area is 108 Å². The molecule has 7 heteroatoms. The molecule has 96 valence electrons. The van der Waals surface area contributed by atoms with E-state index in [1.54, 1.807) is 24.6 Å². The first-order valence-corrected chi connectivity index (χ1v) is 6.21. The van der Waals surface area contributed by atoms with E-state index in [0.29, 0.717) is 16.6 Å². The molecule has 18 heavy (non-hydrogen) atoms. The Morgan fingerprint density at radius 1 is 1.67 bits per heavy atom. The number of carbonyl (C=O) groups excluding carboxylic acids is 1. The van der Waals surface area contributed by atoms with Crippen LogP contribution in [0.5, 0.6) is 0 Å². The largest absolute Gasteiger partial charge is 0.467 e. The molecule has 2 rings (SSSR count). The van der Waals surface area contributed by atoms with Crippen molar-refractivity contribution in [1.29, 1.82) is 0 Å². The van der Waals surface area contributed by atoms with Crippen molar-refractivity contribution in [3.63, 3.8) is 0 Å². The Bertz CT molecular complexity index is 509. The summed E-state index contributed by atoms with van der Waals surface area (Å²) < 4.78 is 5.14. The zero-order chi connectivity index (χ0) is 13.0. The number of aliphatic hydroxyl groups is 1. The van der Waals surface area contributed by atoms with Crippen molar-refractivity contribution >= 4 is 22.4 Å². The molecule has 2 heterocycles. The van der Waals surface area contributed by atoms with E-state index in [0.717, 1.165) is 0 Å². The van der Waals surface area contributed by atoms with Crippen LogP contribution in [0, 0.1) is 0 Å². The van der Waals surface area contributed by atoms with E-state index in [2.05, 4.69) is 15.6 Å². The molecule has 0 saturated heterocycles. The van der Waals surface area contributed by atoms with E-state index in [4.69, 9.17) is 4.42 Å². The molecule has 1 unspecified atom stereocenters. The van der Waals surface area contributed by atoms with Crippen molar-refractivity contribution in [2.75, 3.05) is 19.0 Å². The average Bonchev–Trinajstić information content (AvgIpc) is 3.05. The van der Waals surface area contributed by atoms with Crippen LogP contribution < -0.4 is 10.6 Å². The first kappa shape index (κ1) is 12.6. The van der Waals surface area contributed by atoms with Crippen LogP contribution in [0.25, 0.3) is 0 Å². The minimum atomic E-state index is -0.563. The van der Waals surface area contributed by atoms with Crippen LogP contribution in [0.2, 0.25) is 0 Å². The number of carbonyl (C=O) groups is 1. The highest BCUT2D eigenvalue weighted by atomic mass is 32.1. The second kappa shape index (κ2) is 5.65. The molecule has 2 aromatic heterocycles. The number of rotatable bonds is 5. The number of furan rings is 1. The van der Waals surface area contributed by atoms with Gasteiger partial charge in [-0.1, -0.05) is 0 Å². The van der Waals surface area contributed by atoms with E-state index in [-0.39, 0.29) is 12.5 Å². The number of aliphatic hydroxyl groups excluding tert-OH is 1. The van der Waals surface area contributed by atoms with Gasteiger partial charge in [-0.25, -0.2) is 4.98 Å². The highest BCUT2D eigenvalue weighted by molar-refractivity contribution is 7.13. The van der Waals surface area contributed by atoms with E-state index in [9.17, 15) is 9.90 Å². The van der Waals surface area contributed by atoms with E-state index < -0.39 is 6.04 Å². The third-order valence-corrected chi connectivity index (χ3v) is 3.18. The maximum absolute atomic E-state index is 11.9. The molecule has 0 aliphatic carbocycles. The summed E-state index contributed by atoms with van der Waals surface area (Å²) in [5.41, 5.74) is 0.314. The summed E-state index contributed by atoms with van der Waals surface area (Å²) in [5, 5.41) is 17.1. The third-order valence-electron chi connectivity index (χ3n) is 2.33. The molecule has 0 aromatic carbocycles. The quantitative estimate of drug-likeness (QED) is 0.758. The molecule has 1 amide bonds. The Kier molecular flexibility index (Phi) is 3.96. The summed E-state index contributed by atoms with van der Waals surface area (Å²) >= 11 is 1.34. The minimum absolute atomic E-state index is 0.234. The SMILES string of the molecule is CNc1nc(C(=O)NC(CO)c2ccco2)cs1. The molecule has 0 saturated carbocycles. The molecular formula is C11H13N3O3S. The molecule has 0 bridgehead atoms. The first-order valence-electron chi connectivity index (χ1n) is 5.33. The van der Waals surface area contributed by atoms with Crippen molar-refractivity contribution in [3.8, 4) is 0 Å². The molecule has 0 radical (unpaired) electrons. The fourth-order valence-corrected chi connectivity index (χ4v) is 2.07. The molecular weight excluding hydrogens is 254 g/mol. The number of nitrogens with zero attached hydrogens (tertiary/aromatic N) is 1. The second-order valence-corrected chi connectivity index (χ2v) is 4.37. The molecule has 0 spiro atoms. The summed E-state index contributed by atoms with van der Waals surface area (Å²) in [6, 6.07) is 2.83. The predicted molar refractivity (Wildman–Crippen MR) is 67.7 cm³/mol. The lowest BCUT2D eigenvalue weighted by Crippen LogP contribution is -2.30. The average molecular weight is 267 g/mol. The fourth-order valence-electron chi connectivity index (χ4n) is 1.42. The number of thiazole rings is 1. The van der Waals surface area contributed by atoms with Gasteiger partial charge in [-0.15, -0.1) is 11.3 Å². The Balaban J connectivity index is 2.06. The van der Waals surface area contributed by atoms with E-state index in [1.165, 1.54) is 17.6 Å². The van der Waals surface area contributed by atoms with E-state index in [1.807, 2.05) is 0 Å². The van der Waals surface area contributed by atoms with Crippen LogP contribution in [0.15, 0.2) is 28.2 Å². The zero-order valence-electron chi connectivity index (χ0n) is 9.71. The van der Waals surface area contributed by atoms with Gasteiger partial charge in [0.05, 0.1) is 12.9 Å². The van der Waals surface area contributed by atoms with Gasteiger partial charge in [-0.2, -0.15) is 0 Å². The van der Waals surface area contributed by atoms with Crippen molar-refractivity contribution in [1.82, 2.24) is 10.3 Å². The summed E-state index contributed by atoms with van der Waals surface area (Å²) in [6.45, 7) is -0.234. The van der Waals surface area contributed by atoms with Gasteiger partial charge in [0.15, 0.2) is 5.13 Å². The van der Waals surface area contributed by atoms with E-state index >= 15 is 0 Å². The van der Waals surface area contributed by atoms with Gasteiger partial charge in [0.2, 0.25) is 0 Å². The first-order chi connectivity index (χ1) is 8.74. The Hall–Kier alpha value is -1.86. The van der Waals surface area contributed by atoms with Gasteiger partial charge in [0.25, 0.3) is 5.91 Å². The van der Waals surface area contributed by atoms with Gasteiger partial charge in [0, 0.05) is 12.4 Å². The van der Waals surface area contributed by atoms with Crippen LogP contribution in [-0.4, -0.2) is 29.7 Å². The molecule has 0 fully saturated rings. The number of hydrogen-bond donors (Lipinski definition) is 3. The predicted octanol–water partition coefficient (Wildman–Crippen LogP) is 1.24. The van der Waals surface area contributed by atoms with Crippen molar-refractivity contribution < 1.29 is 14.3 Å². The van der Waals surface area contributed by atoms with Crippen LogP contribution in [0.3, 0.4) is 0 Å². The Morgan fingerprint density at radius 2 is 2.50 bits per heavy atom. The number of hydrogen-bond acceptors (Lipinski definition) is 6. The van der Waals surface area contributed by atoms with Crippen LogP contribution in [0.4, 0.5) is 5.13 Å². The lowest BCUT2D eigenvalue weighted by atomic mass is 10.2. The molecule has 0 aliphatic heterocycles. The summed E-state index contributed by atoms with van der Waals surface area (Å²) in [4.78, 5) is 16.0. The summed E-state index contributed by atoms with van der Waals surface area (Å²) in [5.74, 6) is 0.165. The molecule has 0 aliphatic rings. The molecule has 6 nitrogen and oxygen atoms in total. The van der Waals surface area contributed by atoms with Crippen molar-refractivity contribution in [2.24, 2.45) is 0 Å². The topological polar surface area (TPSA) is 87.4 Å². The van der Waals surface area contributed by atoms with Gasteiger partial charge >= 0.3 is 0 Å². The van der Waals surface area contributed by atoms with Gasteiger partial charge < -0.3 is 20.2 Å². The zero-order valence-corrected chi connectivity index (χ0v) is 10.5. The number of nitrogens with one attached hydrogen (secondary N) is 2. The van der Waals surface area contributed by atoms with Crippen LogP contribution in [0.1, 0.15) is 22.3 Å². The third kappa shape index (κ3) is 2.69. The number of anilines is 1. The summed E-state index contributed by atoms with van der Waals surface area (Å²) in [7, 11) is 1.74. The van der Waals surface area contributed by atoms with Crippen LogP contribution in [-0.2, 0) is 0 Å². The molecule has 2 aromatic rings. The summed E-state index contributed by atoms with van der Waals surface area (Å²) in [6.07, 6.45) is 1.49. The maximum Gasteiger partial charge on any atom is 0.271 e. The fraction of sp³-hybridized carbons (Fsp3) is 0.273. The Morgan fingerprint density at radius 3 is 3.06 bits per heavy atom. The van der Waals surface area contributed by atoms with Gasteiger partial charge in [-0.05, 0) is 12.1 Å². The lowest BCUT2D eigenvalue weighted by molar-refractivity contribution is 0.0903. The second-order valence-electron chi connectivity index (χ2n) is 3.51. The maximum atomic E-state index is 11.9. The van der Waals surface area contributed by atoms with Crippen molar-refractivity contribution in [2.45, 2.75) is 6.04 Å². The van der Waals surface area contributed by atoms with Gasteiger partial charge in [-0.3, -0.25) is 4.79 Å². The van der Waals surface area contributed by atoms with Crippen LogP contribution >= 0.6 is 11.3 Å². The lowest BCUT2D eigenvalue weighted by Gasteiger charge is -2.12. The minimum Gasteiger partial charge on any atom is -0.467 e. The number of aromatic nitrogens is 1.